The van der Waals surface area contributed by atoms with Crippen LogP contribution >= 0.6 is 0 Å². The molecule has 0 saturated heterocycles. The first kappa shape index (κ1) is 17.5. The van der Waals surface area contributed by atoms with Crippen LogP contribution in [0.3, 0.4) is 0 Å². The van der Waals surface area contributed by atoms with E-state index in [4.69, 9.17) is 9.15 Å². The Kier molecular flexibility index (Phi) is 5.08. The third-order valence-corrected chi connectivity index (χ3v) is 5.01. The van der Waals surface area contributed by atoms with Crippen LogP contribution in [0, 0.1) is 11.8 Å². The lowest BCUT2D eigenvalue weighted by molar-refractivity contribution is -0.145. The van der Waals surface area contributed by atoms with Crippen LogP contribution in [0.25, 0.3) is 11.0 Å². The highest BCUT2D eigenvalue weighted by atomic mass is 16.5. The average molecular weight is 345 g/mol. The summed E-state index contributed by atoms with van der Waals surface area (Å²) in [6.45, 7) is 2.37. The molecule has 1 aliphatic carbocycles. The van der Waals surface area contributed by atoms with Gasteiger partial charge in [0, 0.05) is 17.8 Å². The van der Waals surface area contributed by atoms with Gasteiger partial charge in [0.1, 0.15) is 11.8 Å². The number of carbonyl (C=O) groups is 2. The molecule has 6 heteroatoms. The minimum absolute atomic E-state index is 0.155. The fourth-order valence-corrected chi connectivity index (χ4v) is 3.47. The topological polar surface area (TPSA) is 88.8 Å². The molecule has 3 atom stereocenters. The first-order valence-electron chi connectivity index (χ1n) is 8.57. The van der Waals surface area contributed by atoms with Gasteiger partial charge in [0.05, 0.1) is 24.7 Å². The minimum Gasteiger partial charge on any atom is -0.469 e. The predicted octanol–water partition coefficient (Wildman–Crippen LogP) is 2.29. The Bertz CT molecular complexity index is 781. The zero-order valence-corrected chi connectivity index (χ0v) is 14.5. The number of furan rings is 1. The summed E-state index contributed by atoms with van der Waals surface area (Å²) in [5.41, 5.74) is 2.30. The molecule has 1 aliphatic rings. The van der Waals surface area contributed by atoms with Gasteiger partial charge in [-0.1, -0.05) is 13.0 Å². The molecule has 6 nitrogen and oxygen atoms in total. The quantitative estimate of drug-likeness (QED) is 0.812. The highest BCUT2D eigenvalue weighted by molar-refractivity contribution is 6.06. The molecule has 3 rings (SSSR count). The molecule has 1 aromatic heterocycles. The van der Waals surface area contributed by atoms with Crippen LogP contribution in [0.2, 0.25) is 0 Å². The monoisotopic (exact) mass is 345 g/mol. The molecule has 1 saturated carbocycles. The predicted molar refractivity (Wildman–Crippen MR) is 92.2 cm³/mol. The lowest BCUT2D eigenvalue weighted by Gasteiger charge is -2.14. The summed E-state index contributed by atoms with van der Waals surface area (Å²) in [6, 6.07) is 5.81. The Morgan fingerprint density at radius 2 is 2.16 bits per heavy atom. The molecule has 134 valence electrons. The maximum atomic E-state index is 12.5. The maximum absolute atomic E-state index is 12.5. The van der Waals surface area contributed by atoms with Crippen molar-refractivity contribution in [1.29, 1.82) is 0 Å². The molecule has 0 spiro atoms. The van der Waals surface area contributed by atoms with E-state index in [1.807, 2.05) is 18.2 Å². The number of benzene rings is 1. The summed E-state index contributed by atoms with van der Waals surface area (Å²) in [4.78, 5) is 24.1. The van der Waals surface area contributed by atoms with E-state index in [1.54, 1.807) is 0 Å². The summed E-state index contributed by atoms with van der Waals surface area (Å²) in [7, 11) is 1.35. The third kappa shape index (κ3) is 3.54. The fraction of sp³-hybridized carbons (Fsp3) is 0.474. The van der Waals surface area contributed by atoms with Gasteiger partial charge in [-0.15, -0.1) is 0 Å². The molecule has 1 amide bonds. The van der Waals surface area contributed by atoms with Crippen LogP contribution in [0.1, 0.15) is 35.7 Å². The molecule has 2 aromatic rings. The summed E-state index contributed by atoms with van der Waals surface area (Å²) in [5.74, 6) is -0.997. The molecular formula is C19H23NO5. The number of carbonyl (C=O) groups excluding carboxylic acids is 2. The second-order valence-corrected chi connectivity index (χ2v) is 6.56. The number of hydrogen-bond donors (Lipinski definition) is 2. The van der Waals surface area contributed by atoms with Gasteiger partial charge in [-0.2, -0.15) is 0 Å². The smallest absolute Gasteiger partial charge is 0.308 e. The molecule has 2 N–H and O–H groups in total. The van der Waals surface area contributed by atoms with Gasteiger partial charge in [0.2, 0.25) is 0 Å². The van der Waals surface area contributed by atoms with Crippen molar-refractivity contribution in [3.8, 4) is 0 Å². The van der Waals surface area contributed by atoms with Gasteiger partial charge >= 0.3 is 5.97 Å². The molecule has 1 fully saturated rings. The van der Waals surface area contributed by atoms with Gasteiger partial charge in [-0.05, 0) is 37.0 Å². The molecule has 0 unspecified atom stereocenters. The van der Waals surface area contributed by atoms with E-state index in [9.17, 15) is 14.7 Å². The fourth-order valence-electron chi connectivity index (χ4n) is 3.47. The Balaban J connectivity index is 1.66. The number of ether oxygens (including phenoxy) is 1. The van der Waals surface area contributed by atoms with E-state index < -0.39 is 6.10 Å². The Morgan fingerprint density at radius 3 is 2.88 bits per heavy atom. The summed E-state index contributed by atoms with van der Waals surface area (Å²) < 4.78 is 10.2. The number of hydrogen-bond acceptors (Lipinski definition) is 5. The zero-order valence-electron chi connectivity index (χ0n) is 14.5. The number of rotatable bonds is 5. The van der Waals surface area contributed by atoms with E-state index in [0.717, 1.165) is 17.4 Å². The van der Waals surface area contributed by atoms with E-state index >= 15 is 0 Å². The molecule has 1 heterocycles. The van der Waals surface area contributed by atoms with Crippen molar-refractivity contribution in [3.63, 3.8) is 0 Å². The first-order valence-corrected chi connectivity index (χ1v) is 8.57. The lowest BCUT2D eigenvalue weighted by Crippen LogP contribution is -2.32. The van der Waals surface area contributed by atoms with Crippen LogP contribution < -0.4 is 5.32 Å². The summed E-state index contributed by atoms with van der Waals surface area (Å²) in [5, 5.41) is 13.8. The lowest BCUT2D eigenvalue weighted by atomic mass is 10.0. The van der Waals surface area contributed by atoms with Crippen molar-refractivity contribution in [2.45, 2.75) is 32.3 Å². The second-order valence-electron chi connectivity index (χ2n) is 6.56. The van der Waals surface area contributed by atoms with Crippen molar-refractivity contribution in [2.75, 3.05) is 13.7 Å². The molecule has 25 heavy (non-hydrogen) atoms. The average Bonchev–Trinajstić information content (AvgIpc) is 3.21. The Morgan fingerprint density at radius 1 is 1.36 bits per heavy atom. The van der Waals surface area contributed by atoms with Crippen LogP contribution in [0.4, 0.5) is 0 Å². The van der Waals surface area contributed by atoms with Gasteiger partial charge in [-0.25, -0.2) is 0 Å². The summed E-state index contributed by atoms with van der Waals surface area (Å²) in [6.07, 6.45) is 2.62. The Hall–Kier alpha value is -2.34. The molecule has 1 aromatic carbocycles. The second kappa shape index (κ2) is 7.27. The maximum Gasteiger partial charge on any atom is 0.308 e. The number of aryl methyl sites for hydroxylation is 1. The van der Waals surface area contributed by atoms with Crippen molar-refractivity contribution in [3.05, 3.63) is 35.6 Å². The van der Waals surface area contributed by atoms with Crippen molar-refractivity contribution < 1.29 is 23.8 Å². The number of amides is 1. The zero-order chi connectivity index (χ0) is 18.0. The van der Waals surface area contributed by atoms with Crippen molar-refractivity contribution in [1.82, 2.24) is 5.32 Å². The molecular weight excluding hydrogens is 322 g/mol. The molecule has 0 aliphatic heterocycles. The van der Waals surface area contributed by atoms with Gasteiger partial charge in [0.25, 0.3) is 5.91 Å². The highest BCUT2D eigenvalue weighted by Gasteiger charge is 2.37. The van der Waals surface area contributed by atoms with Crippen molar-refractivity contribution >= 4 is 22.8 Å². The molecule has 0 radical (unpaired) electrons. The number of aliphatic hydroxyl groups is 1. The molecule has 0 bridgehead atoms. The van der Waals surface area contributed by atoms with Crippen LogP contribution in [-0.4, -0.2) is 36.7 Å². The number of esters is 1. The van der Waals surface area contributed by atoms with Crippen LogP contribution in [0.5, 0.6) is 0 Å². The largest absolute Gasteiger partial charge is 0.469 e. The summed E-state index contributed by atoms with van der Waals surface area (Å²) >= 11 is 0. The third-order valence-electron chi connectivity index (χ3n) is 5.01. The number of methoxy groups -OCH3 is 1. The van der Waals surface area contributed by atoms with Crippen LogP contribution in [0.15, 0.2) is 28.9 Å². The standard InChI is InChI=1S/C19H23NO5/c1-3-11-4-5-17-14(6-11)15(10-25-17)18(22)20-9-13-7-12(8-16(13)21)19(23)24-2/h4-6,10,12-13,16,21H,3,7-9H2,1-2H3,(H,20,22)/t12-,13+,16+/m1/s1. The normalized spacial score (nSPS) is 22.9. The van der Waals surface area contributed by atoms with Gasteiger partial charge < -0.3 is 19.6 Å². The van der Waals surface area contributed by atoms with E-state index in [-0.39, 0.29) is 23.7 Å². The van der Waals surface area contributed by atoms with Crippen LogP contribution in [-0.2, 0) is 16.0 Å². The van der Waals surface area contributed by atoms with E-state index in [2.05, 4.69) is 12.2 Å². The first-order chi connectivity index (χ1) is 12.0. The number of aliphatic hydroxyl groups excluding tert-OH is 1. The van der Waals surface area contributed by atoms with Gasteiger partial charge in [0.15, 0.2) is 0 Å². The highest BCUT2D eigenvalue weighted by Crippen LogP contribution is 2.32. The van der Waals surface area contributed by atoms with E-state index in [0.29, 0.717) is 30.5 Å². The van der Waals surface area contributed by atoms with Gasteiger partial charge in [-0.3, -0.25) is 9.59 Å². The van der Waals surface area contributed by atoms with Crippen molar-refractivity contribution in [2.24, 2.45) is 11.8 Å². The SMILES string of the molecule is CCc1ccc2occ(C(=O)NC[C@@H]3C[C@@H](C(=O)OC)C[C@@H]3O)c2c1. The Labute approximate surface area is 146 Å². The van der Waals surface area contributed by atoms with E-state index in [1.165, 1.54) is 13.4 Å². The minimum atomic E-state index is -0.614. The number of nitrogens with one attached hydrogen (secondary N) is 1. The number of fused-ring (bicyclic) bond motifs is 1.